The lowest BCUT2D eigenvalue weighted by Crippen LogP contribution is -2.23. The van der Waals surface area contributed by atoms with Crippen molar-refractivity contribution in [3.05, 3.63) is 35.9 Å². The van der Waals surface area contributed by atoms with Crippen molar-refractivity contribution in [2.45, 2.75) is 12.5 Å². The minimum absolute atomic E-state index is 0.155. The molecule has 0 aliphatic heterocycles. The van der Waals surface area contributed by atoms with Crippen molar-refractivity contribution in [1.29, 1.82) is 0 Å². The van der Waals surface area contributed by atoms with Crippen molar-refractivity contribution >= 4 is 5.97 Å². The lowest BCUT2D eigenvalue weighted by Gasteiger charge is -2.18. The number of hydrogen-bond donors (Lipinski definition) is 1. The second kappa shape index (κ2) is 5.94. The number of aliphatic hydroxyl groups is 1. The number of aliphatic hydroxyl groups excluding tert-OH is 1. The number of benzene rings is 1. The van der Waals surface area contributed by atoms with Crippen molar-refractivity contribution in [3.63, 3.8) is 0 Å². The van der Waals surface area contributed by atoms with Crippen LogP contribution < -0.4 is 0 Å². The number of ether oxygens (including phenoxy) is 1. The Kier molecular flexibility index (Phi) is 4.56. The summed E-state index contributed by atoms with van der Waals surface area (Å²) >= 11 is 0. The third kappa shape index (κ3) is 2.85. The van der Waals surface area contributed by atoms with Crippen molar-refractivity contribution in [3.8, 4) is 12.3 Å². The normalized spacial score (nSPS) is 13.6. The molecule has 0 saturated carbocycles. The first-order valence-corrected chi connectivity index (χ1v) is 4.95. The fourth-order valence-electron chi connectivity index (χ4n) is 1.48. The second-order valence-electron chi connectivity index (χ2n) is 3.39. The van der Waals surface area contributed by atoms with E-state index < -0.39 is 18.0 Å². The highest BCUT2D eigenvalue weighted by molar-refractivity contribution is 5.73. The molecule has 0 saturated heterocycles. The van der Waals surface area contributed by atoms with Gasteiger partial charge in [-0.3, -0.25) is 4.79 Å². The maximum Gasteiger partial charge on any atom is 0.312 e. The van der Waals surface area contributed by atoms with Gasteiger partial charge in [0.05, 0.1) is 19.1 Å². The van der Waals surface area contributed by atoms with E-state index >= 15 is 0 Å². The molecule has 0 unspecified atom stereocenters. The van der Waals surface area contributed by atoms with Crippen molar-refractivity contribution in [1.82, 2.24) is 0 Å². The van der Waals surface area contributed by atoms with Gasteiger partial charge in [-0.15, -0.1) is 12.3 Å². The molecule has 16 heavy (non-hydrogen) atoms. The molecule has 0 fully saturated rings. The SMILES string of the molecule is C#CC[C@@H](C(=O)OC)[C@@H](O)c1ccccc1. The smallest absolute Gasteiger partial charge is 0.312 e. The molecule has 1 aromatic rings. The lowest BCUT2D eigenvalue weighted by molar-refractivity contribution is -0.149. The van der Waals surface area contributed by atoms with Crippen LogP contribution in [0.5, 0.6) is 0 Å². The summed E-state index contributed by atoms with van der Waals surface area (Å²) in [6.07, 6.45) is 4.40. The molecule has 0 heterocycles. The van der Waals surface area contributed by atoms with Crippen LogP contribution in [-0.2, 0) is 9.53 Å². The number of rotatable bonds is 4. The van der Waals surface area contributed by atoms with E-state index in [1.807, 2.05) is 6.07 Å². The average Bonchev–Trinajstić information content (AvgIpc) is 2.35. The van der Waals surface area contributed by atoms with Crippen molar-refractivity contribution < 1.29 is 14.6 Å². The van der Waals surface area contributed by atoms with Gasteiger partial charge in [0.25, 0.3) is 0 Å². The Morgan fingerprint density at radius 2 is 2.12 bits per heavy atom. The summed E-state index contributed by atoms with van der Waals surface area (Å²) in [7, 11) is 1.28. The van der Waals surface area contributed by atoms with Crippen molar-refractivity contribution in [2.24, 2.45) is 5.92 Å². The number of methoxy groups -OCH3 is 1. The minimum atomic E-state index is -0.926. The molecule has 3 nitrogen and oxygen atoms in total. The van der Waals surface area contributed by atoms with E-state index in [1.54, 1.807) is 24.3 Å². The zero-order valence-electron chi connectivity index (χ0n) is 9.09. The van der Waals surface area contributed by atoms with E-state index in [-0.39, 0.29) is 6.42 Å². The Hall–Kier alpha value is -1.79. The highest BCUT2D eigenvalue weighted by Gasteiger charge is 2.27. The zero-order chi connectivity index (χ0) is 12.0. The summed E-state index contributed by atoms with van der Waals surface area (Å²) in [5, 5.41) is 10.0. The summed E-state index contributed by atoms with van der Waals surface area (Å²) in [4.78, 5) is 11.4. The minimum Gasteiger partial charge on any atom is -0.469 e. The van der Waals surface area contributed by atoms with Gasteiger partial charge in [0.1, 0.15) is 0 Å². The summed E-state index contributed by atoms with van der Waals surface area (Å²) in [6.45, 7) is 0. The van der Waals surface area contributed by atoms with Crippen LogP contribution in [0.15, 0.2) is 30.3 Å². The molecule has 3 heteroatoms. The molecule has 1 aromatic carbocycles. The molecule has 0 spiro atoms. The largest absolute Gasteiger partial charge is 0.469 e. The number of carbonyl (C=O) groups excluding carboxylic acids is 1. The van der Waals surface area contributed by atoms with E-state index in [2.05, 4.69) is 10.7 Å². The molecule has 84 valence electrons. The molecule has 0 aliphatic rings. The molecular formula is C13H14O3. The van der Waals surface area contributed by atoms with Crippen LogP contribution in [0.25, 0.3) is 0 Å². The summed E-state index contributed by atoms with van der Waals surface area (Å²) in [6, 6.07) is 8.92. The van der Waals surface area contributed by atoms with Gasteiger partial charge < -0.3 is 9.84 Å². The molecule has 0 radical (unpaired) electrons. The van der Waals surface area contributed by atoms with E-state index in [0.717, 1.165) is 0 Å². The molecule has 1 N–H and O–H groups in total. The van der Waals surface area contributed by atoms with Gasteiger partial charge in [-0.1, -0.05) is 30.3 Å². The maximum atomic E-state index is 11.4. The Balaban J connectivity index is 2.88. The van der Waals surface area contributed by atoms with Crippen molar-refractivity contribution in [2.75, 3.05) is 7.11 Å². The Morgan fingerprint density at radius 1 is 1.50 bits per heavy atom. The third-order valence-corrected chi connectivity index (χ3v) is 2.36. The Morgan fingerprint density at radius 3 is 2.62 bits per heavy atom. The fourth-order valence-corrected chi connectivity index (χ4v) is 1.48. The van der Waals surface area contributed by atoms with Crippen LogP contribution in [0.2, 0.25) is 0 Å². The predicted octanol–water partition coefficient (Wildman–Crippen LogP) is 1.53. The number of terminal acetylenes is 1. The van der Waals surface area contributed by atoms with Gasteiger partial charge in [-0.2, -0.15) is 0 Å². The highest BCUT2D eigenvalue weighted by Crippen LogP contribution is 2.25. The van der Waals surface area contributed by atoms with Crippen LogP contribution in [0.4, 0.5) is 0 Å². The summed E-state index contributed by atoms with van der Waals surface area (Å²) in [5.74, 6) is 1.17. The van der Waals surface area contributed by atoms with E-state index in [9.17, 15) is 9.90 Å². The Labute approximate surface area is 95.1 Å². The van der Waals surface area contributed by atoms with Gasteiger partial charge in [0, 0.05) is 6.42 Å². The molecule has 0 bridgehead atoms. The summed E-state index contributed by atoms with van der Waals surface area (Å²) < 4.78 is 4.61. The second-order valence-corrected chi connectivity index (χ2v) is 3.39. The van der Waals surface area contributed by atoms with Crippen LogP contribution in [-0.4, -0.2) is 18.2 Å². The van der Waals surface area contributed by atoms with Gasteiger partial charge in [-0.05, 0) is 5.56 Å². The van der Waals surface area contributed by atoms with Crippen LogP contribution >= 0.6 is 0 Å². The standard InChI is InChI=1S/C13H14O3/c1-3-7-11(13(15)16-2)12(14)10-8-5-4-6-9-10/h1,4-6,8-9,11-12,14H,7H2,2H3/t11-,12+/m1/s1. The van der Waals surface area contributed by atoms with Crippen LogP contribution in [0.1, 0.15) is 18.1 Å². The van der Waals surface area contributed by atoms with Gasteiger partial charge in [0.2, 0.25) is 0 Å². The molecule has 0 aromatic heterocycles. The quantitative estimate of drug-likeness (QED) is 0.616. The van der Waals surface area contributed by atoms with Crippen LogP contribution in [0, 0.1) is 18.3 Å². The first kappa shape index (κ1) is 12.3. The van der Waals surface area contributed by atoms with E-state index in [0.29, 0.717) is 5.56 Å². The average molecular weight is 218 g/mol. The predicted molar refractivity (Wildman–Crippen MR) is 60.4 cm³/mol. The molecule has 0 amide bonds. The maximum absolute atomic E-state index is 11.4. The van der Waals surface area contributed by atoms with Gasteiger partial charge in [0.15, 0.2) is 0 Å². The number of esters is 1. The van der Waals surface area contributed by atoms with Gasteiger partial charge >= 0.3 is 5.97 Å². The van der Waals surface area contributed by atoms with E-state index in [1.165, 1.54) is 7.11 Å². The molecule has 2 atom stereocenters. The first-order chi connectivity index (χ1) is 7.70. The van der Waals surface area contributed by atoms with E-state index in [4.69, 9.17) is 6.42 Å². The lowest BCUT2D eigenvalue weighted by atomic mass is 9.93. The third-order valence-electron chi connectivity index (χ3n) is 2.36. The molecule has 0 aliphatic carbocycles. The van der Waals surface area contributed by atoms with Crippen LogP contribution in [0.3, 0.4) is 0 Å². The fraction of sp³-hybridized carbons (Fsp3) is 0.308. The topological polar surface area (TPSA) is 46.5 Å². The number of hydrogen-bond acceptors (Lipinski definition) is 3. The Bertz CT molecular complexity index is 378. The zero-order valence-corrected chi connectivity index (χ0v) is 9.09. The summed E-state index contributed by atoms with van der Waals surface area (Å²) in [5.41, 5.74) is 0.660. The molecular weight excluding hydrogens is 204 g/mol. The molecule has 1 rings (SSSR count). The first-order valence-electron chi connectivity index (χ1n) is 4.95. The number of carbonyl (C=O) groups is 1. The highest BCUT2D eigenvalue weighted by atomic mass is 16.5. The monoisotopic (exact) mass is 218 g/mol. The van der Waals surface area contributed by atoms with Gasteiger partial charge in [-0.25, -0.2) is 0 Å².